The molecule has 2 fully saturated rings. The van der Waals surface area contributed by atoms with E-state index in [1.807, 2.05) is 0 Å². The van der Waals surface area contributed by atoms with Gasteiger partial charge in [0.15, 0.2) is 12.1 Å². The zero-order valence-electron chi connectivity index (χ0n) is 9.55. The van der Waals surface area contributed by atoms with E-state index in [2.05, 4.69) is 10.0 Å². The molecule has 0 bridgehead atoms. The smallest absolute Gasteiger partial charge is 0.188 e. The minimum absolute atomic E-state index is 0.481. The van der Waals surface area contributed by atoms with Gasteiger partial charge in [0.05, 0.1) is 12.6 Å². The van der Waals surface area contributed by atoms with Crippen LogP contribution in [0, 0.1) is 0 Å². The van der Waals surface area contributed by atoms with E-state index in [9.17, 15) is 5.11 Å². The van der Waals surface area contributed by atoms with Crippen LogP contribution in [-0.2, 0) is 14.2 Å². The summed E-state index contributed by atoms with van der Waals surface area (Å²) in [5.74, 6) is -0.812. The first-order valence-electron chi connectivity index (χ1n) is 5.33. The molecule has 5 atom stereocenters. The standard InChI is InChI=1S/C9H15N3O5/c1-9(2)16-7-5(11-12-10)6(4(14)3-13)15-8(7)17-9/h4-8,13-14H,3H2,1-2H3/t4-,5+,6-,7-,8-/m0/s1. The molecule has 2 rings (SSSR count). The molecule has 0 spiro atoms. The van der Waals surface area contributed by atoms with Gasteiger partial charge in [-0.2, -0.15) is 0 Å². The molecule has 8 heteroatoms. The van der Waals surface area contributed by atoms with Gasteiger partial charge in [-0.05, 0) is 19.4 Å². The van der Waals surface area contributed by atoms with Crippen LogP contribution in [0.1, 0.15) is 13.8 Å². The summed E-state index contributed by atoms with van der Waals surface area (Å²) in [4.78, 5) is 2.71. The van der Waals surface area contributed by atoms with E-state index in [0.29, 0.717) is 0 Å². The molecule has 96 valence electrons. The fourth-order valence-corrected chi connectivity index (χ4v) is 2.13. The van der Waals surface area contributed by atoms with Crippen molar-refractivity contribution in [2.45, 2.75) is 50.3 Å². The predicted octanol–water partition coefficient (Wildman–Crippen LogP) is -0.105. The Bertz CT molecular complexity index is 344. The Labute approximate surface area is 97.7 Å². The number of hydrogen-bond acceptors (Lipinski definition) is 6. The number of fused-ring (bicyclic) bond motifs is 1. The summed E-state index contributed by atoms with van der Waals surface area (Å²) < 4.78 is 16.4. The quantitative estimate of drug-likeness (QED) is 0.409. The van der Waals surface area contributed by atoms with E-state index in [0.717, 1.165) is 0 Å². The first-order valence-corrected chi connectivity index (χ1v) is 5.33. The highest BCUT2D eigenvalue weighted by Crippen LogP contribution is 2.39. The molecule has 17 heavy (non-hydrogen) atoms. The third kappa shape index (κ3) is 2.23. The van der Waals surface area contributed by atoms with Crippen molar-refractivity contribution in [1.29, 1.82) is 0 Å². The molecule has 2 aliphatic heterocycles. The molecule has 0 aromatic rings. The number of azide groups is 1. The van der Waals surface area contributed by atoms with Crippen molar-refractivity contribution in [1.82, 2.24) is 0 Å². The topological polar surface area (TPSA) is 117 Å². The average molecular weight is 245 g/mol. The minimum atomic E-state index is -1.13. The highest BCUT2D eigenvalue weighted by molar-refractivity contribution is 5.00. The van der Waals surface area contributed by atoms with E-state index in [-0.39, 0.29) is 0 Å². The number of ether oxygens (including phenoxy) is 3. The molecule has 2 aliphatic rings. The Morgan fingerprint density at radius 1 is 1.47 bits per heavy atom. The fraction of sp³-hybridized carbons (Fsp3) is 1.00. The van der Waals surface area contributed by atoms with Crippen LogP contribution in [0.15, 0.2) is 5.11 Å². The average Bonchev–Trinajstić information content (AvgIpc) is 2.72. The summed E-state index contributed by atoms with van der Waals surface area (Å²) in [6, 6.07) is -0.714. The van der Waals surface area contributed by atoms with Gasteiger partial charge in [0.2, 0.25) is 0 Å². The molecule has 0 saturated carbocycles. The number of aliphatic hydroxyl groups is 2. The Morgan fingerprint density at radius 3 is 2.76 bits per heavy atom. The number of nitrogens with zero attached hydrogens (tertiary/aromatic N) is 3. The molecular formula is C9H15N3O5. The molecule has 0 aromatic heterocycles. The summed E-state index contributed by atoms with van der Waals surface area (Å²) in [7, 11) is 0. The highest BCUT2D eigenvalue weighted by atomic mass is 16.8. The van der Waals surface area contributed by atoms with Crippen molar-refractivity contribution in [3.8, 4) is 0 Å². The predicted molar refractivity (Wildman–Crippen MR) is 54.7 cm³/mol. The van der Waals surface area contributed by atoms with Gasteiger partial charge >= 0.3 is 0 Å². The molecule has 2 N–H and O–H groups in total. The van der Waals surface area contributed by atoms with Gasteiger partial charge in [-0.15, -0.1) is 0 Å². The summed E-state index contributed by atoms with van der Waals surface area (Å²) in [6.07, 6.45) is -3.20. The third-order valence-corrected chi connectivity index (χ3v) is 2.80. The van der Waals surface area contributed by atoms with Crippen LogP contribution < -0.4 is 0 Å². The van der Waals surface area contributed by atoms with E-state index in [1.54, 1.807) is 13.8 Å². The lowest BCUT2D eigenvalue weighted by Crippen LogP contribution is -2.41. The van der Waals surface area contributed by atoms with Gasteiger partial charge in [0, 0.05) is 4.91 Å². The maximum atomic E-state index is 9.57. The SMILES string of the molecule is CC1(C)O[C@@H]2O[C@@H]([C@@H](O)CO)[C@@H](N=[N+]=[N-])[C@@H]2O1. The summed E-state index contributed by atoms with van der Waals surface area (Å²) in [6.45, 7) is 2.96. The lowest BCUT2D eigenvalue weighted by Gasteiger charge is -2.25. The van der Waals surface area contributed by atoms with Crippen LogP contribution >= 0.6 is 0 Å². The lowest BCUT2D eigenvalue weighted by molar-refractivity contribution is -0.217. The Kier molecular flexibility index (Phi) is 3.26. The first-order chi connectivity index (χ1) is 7.98. The van der Waals surface area contributed by atoms with Crippen molar-refractivity contribution in [2.75, 3.05) is 6.61 Å². The number of aliphatic hydroxyl groups excluding tert-OH is 2. The second kappa shape index (κ2) is 4.41. The van der Waals surface area contributed by atoms with Gasteiger partial charge in [-0.25, -0.2) is 0 Å². The second-order valence-electron chi connectivity index (χ2n) is 4.51. The maximum Gasteiger partial charge on any atom is 0.188 e. The van der Waals surface area contributed by atoms with Crippen LogP contribution in [0.4, 0.5) is 0 Å². The van der Waals surface area contributed by atoms with Crippen LogP contribution in [0.5, 0.6) is 0 Å². The van der Waals surface area contributed by atoms with Gasteiger partial charge in [-0.1, -0.05) is 5.11 Å². The van der Waals surface area contributed by atoms with Crippen molar-refractivity contribution in [3.63, 3.8) is 0 Å². The molecule has 2 heterocycles. The largest absolute Gasteiger partial charge is 0.394 e. The van der Waals surface area contributed by atoms with Crippen molar-refractivity contribution in [2.24, 2.45) is 5.11 Å². The van der Waals surface area contributed by atoms with Crippen LogP contribution in [-0.4, -0.2) is 53.3 Å². The molecule has 0 aliphatic carbocycles. The van der Waals surface area contributed by atoms with E-state index < -0.39 is 43.0 Å². The monoisotopic (exact) mass is 245 g/mol. The van der Waals surface area contributed by atoms with E-state index in [1.165, 1.54) is 0 Å². The number of rotatable bonds is 3. The molecule has 2 saturated heterocycles. The zero-order chi connectivity index (χ0) is 12.6. The molecule has 0 aromatic carbocycles. The Morgan fingerprint density at radius 2 is 2.18 bits per heavy atom. The molecule has 0 amide bonds. The summed E-state index contributed by atoms with van der Waals surface area (Å²) in [5.41, 5.74) is 8.51. The maximum absolute atomic E-state index is 9.57. The van der Waals surface area contributed by atoms with Crippen LogP contribution in [0.25, 0.3) is 10.4 Å². The van der Waals surface area contributed by atoms with Crippen molar-refractivity contribution >= 4 is 0 Å². The fourth-order valence-electron chi connectivity index (χ4n) is 2.13. The summed E-state index contributed by atoms with van der Waals surface area (Å²) in [5, 5.41) is 22.0. The van der Waals surface area contributed by atoms with Gasteiger partial charge in [-0.3, -0.25) is 0 Å². The number of hydrogen-bond donors (Lipinski definition) is 2. The van der Waals surface area contributed by atoms with E-state index in [4.69, 9.17) is 24.8 Å². The highest BCUT2D eigenvalue weighted by Gasteiger charge is 2.55. The Balaban J connectivity index is 2.18. The second-order valence-corrected chi connectivity index (χ2v) is 4.51. The van der Waals surface area contributed by atoms with Gasteiger partial charge in [0.1, 0.15) is 18.3 Å². The van der Waals surface area contributed by atoms with Crippen molar-refractivity contribution < 1.29 is 24.4 Å². The van der Waals surface area contributed by atoms with Crippen LogP contribution in [0.2, 0.25) is 0 Å². The normalized spacial score (nSPS) is 40.7. The van der Waals surface area contributed by atoms with Gasteiger partial charge in [0.25, 0.3) is 0 Å². The molecule has 0 unspecified atom stereocenters. The molecule has 0 radical (unpaired) electrons. The van der Waals surface area contributed by atoms with Crippen molar-refractivity contribution in [3.05, 3.63) is 10.4 Å². The molecular weight excluding hydrogens is 230 g/mol. The first kappa shape index (κ1) is 12.6. The molecule has 8 nitrogen and oxygen atoms in total. The Hall–Kier alpha value is -0.890. The minimum Gasteiger partial charge on any atom is -0.394 e. The summed E-state index contributed by atoms with van der Waals surface area (Å²) >= 11 is 0. The van der Waals surface area contributed by atoms with Crippen LogP contribution in [0.3, 0.4) is 0 Å². The van der Waals surface area contributed by atoms with Gasteiger partial charge < -0.3 is 24.4 Å². The zero-order valence-corrected chi connectivity index (χ0v) is 9.55. The third-order valence-electron chi connectivity index (χ3n) is 2.80. The lowest BCUT2D eigenvalue weighted by atomic mass is 10.0. The van der Waals surface area contributed by atoms with E-state index >= 15 is 0 Å².